The van der Waals surface area contributed by atoms with Gasteiger partial charge in [0.2, 0.25) is 0 Å². The number of H-pyrrole nitrogens is 1. The van der Waals surface area contributed by atoms with Crippen LogP contribution in [0.25, 0.3) is 10.9 Å². The lowest BCUT2D eigenvalue weighted by molar-refractivity contribution is -0.146. The minimum Gasteiger partial charge on any atom is -0.481 e. The van der Waals surface area contributed by atoms with Crippen LogP contribution in [-0.4, -0.2) is 16.1 Å². The molecular formula is C13H14FNO2. The van der Waals surface area contributed by atoms with E-state index in [4.69, 9.17) is 5.11 Å². The van der Waals surface area contributed by atoms with Crippen molar-refractivity contribution in [3.8, 4) is 0 Å². The summed E-state index contributed by atoms with van der Waals surface area (Å²) in [6.45, 7) is 3.34. The molecule has 17 heavy (non-hydrogen) atoms. The quantitative estimate of drug-likeness (QED) is 0.859. The molecule has 1 aromatic carbocycles. The predicted octanol–water partition coefficient (Wildman–Crippen LogP) is 2.96. The second-order valence-electron chi connectivity index (χ2n) is 4.89. The Morgan fingerprint density at radius 1 is 1.41 bits per heavy atom. The summed E-state index contributed by atoms with van der Waals surface area (Å²) in [5.41, 5.74) is 0.792. The number of carboxylic acid groups (broad SMARTS) is 1. The zero-order valence-electron chi connectivity index (χ0n) is 9.75. The SMILES string of the molecule is CC(C)(Cc1cc2cc(F)ccc2[nH]1)C(=O)O. The third-order valence-electron chi connectivity index (χ3n) is 2.85. The van der Waals surface area contributed by atoms with Gasteiger partial charge in [-0.3, -0.25) is 4.79 Å². The number of aromatic amines is 1. The van der Waals surface area contributed by atoms with Gasteiger partial charge in [-0.1, -0.05) is 0 Å². The van der Waals surface area contributed by atoms with Crippen LogP contribution in [0.4, 0.5) is 4.39 Å². The largest absolute Gasteiger partial charge is 0.481 e. The number of halogens is 1. The van der Waals surface area contributed by atoms with Crippen molar-refractivity contribution >= 4 is 16.9 Å². The topological polar surface area (TPSA) is 53.1 Å². The van der Waals surface area contributed by atoms with E-state index in [2.05, 4.69) is 4.98 Å². The number of carbonyl (C=O) groups is 1. The van der Waals surface area contributed by atoms with E-state index in [1.807, 2.05) is 0 Å². The molecule has 0 aliphatic rings. The molecule has 0 aliphatic heterocycles. The highest BCUT2D eigenvalue weighted by molar-refractivity contribution is 5.81. The zero-order valence-corrected chi connectivity index (χ0v) is 9.75. The zero-order chi connectivity index (χ0) is 12.6. The molecule has 0 amide bonds. The first kappa shape index (κ1) is 11.6. The van der Waals surface area contributed by atoms with Gasteiger partial charge in [-0.25, -0.2) is 4.39 Å². The lowest BCUT2D eigenvalue weighted by Crippen LogP contribution is -2.26. The summed E-state index contributed by atoms with van der Waals surface area (Å²) in [5.74, 6) is -1.14. The Hall–Kier alpha value is -1.84. The van der Waals surface area contributed by atoms with E-state index in [1.54, 1.807) is 26.0 Å². The Balaban J connectivity index is 2.34. The molecule has 0 bridgehead atoms. The Morgan fingerprint density at radius 2 is 2.12 bits per heavy atom. The third kappa shape index (κ3) is 2.30. The van der Waals surface area contributed by atoms with Crippen LogP contribution in [0, 0.1) is 11.2 Å². The van der Waals surface area contributed by atoms with Gasteiger partial charge in [-0.2, -0.15) is 0 Å². The van der Waals surface area contributed by atoms with E-state index in [1.165, 1.54) is 12.1 Å². The van der Waals surface area contributed by atoms with Gasteiger partial charge in [-0.05, 0) is 38.1 Å². The number of carboxylic acids is 1. The van der Waals surface area contributed by atoms with Crippen molar-refractivity contribution in [2.24, 2.45) is 5.41 Å². The first-order valence-electron chi connectivity index (χ1n) is 5.39. The van der Waals surface area contributed by atoms with Crippen molar-refractivity contribution < 1.29 is 14.3 Å². The van der Waals surface area contributed by atoms with Gasteiger partial charge >= 0.3 is 5.97 Å². The Bertz CT molecular complexity index is 572. The minimum atomic E-state index is -0.845. The standard InChI is InChI=1S/C13H14FNO2/c1-13(2,12(16)17)7-10-6-8-5-9(14)3-4-11(8)15-10/h3-6,15H,7H2,1-2H3,(H,16,17). The van der Waals surface area contributed by atoms with Gasteiger partial charge in [-0.15, -0.1) is 0 Å². The Labute approximate surface area is 98.3 Å². The van der Waals surface area contributed by atoms with Crippen molar-refractivity contribution in [2.45, 2.75) is 20.3 Å². The van der Waals surface area contributed by atoms with Gasteiger partial charge in [0, 0.05) is 23.0 Å². The number of aromatic nitrogens is 1. The van der Waals surface area contributed by atoms with E-state index in [9.17, 15) is 9.18 Å². The summed E-state index contributed by atoms with van der Waals surface area (Å²) in [6, 6.07) is 6.26. The van der Waals surface area contributed by atoms with E-state index in [0.717, 1.165) is 16.6 Å². The average Bonchev–Trinajstić information content (AvgIpc) is 2.57. The summed E-state index contributed by atoms with van der Waals surface area (Å²) in [7, 11) is 0. The molecule has 90 valence electrons. The normalized spacial score (nSPS) is 11.9. The fraction of sp³-hybridized carbons (Fsp3) is 0.308. The molecule has 0 saturated heterocycles. The maximum absolute atomic E-state index is 13.0. The Kier molecular flexibility index (Phi) is 2.65. The van der Waals surface area contributed by atoms with E-state index in [-0.39, 0.29) is 5.82 Å². The number of fused-ring (bicyclic) bond motifs is 1. The maximum Gasteiger partial charge on any atom is 0.309 e. The molecule has 0 atom stereocenters. The maximum atomic E-state index is 13.0. The molecule has 0 fully saturated rings. The average molecular weight is 235 g/mol. The predicted molar refractivity (Wildman–Crippen MR) is 63.4 cm³/mol. The van der Waals surface area contributed by atoms with Crippen LogP contribution in [-0.2, 0) is 11.2 Å². The number of aliphatic carboxylic acids is 1. The van der Waals surface area contributed by atoms with Crippen molar-refractivity contribution in [2.75, 3.05) is 0 Å². The van der Waals surface area contributed by atoms with Gasteiger partial charge in [0.25, 0.3) is 0 Å². The third-order valence-corrected chi connectivity index (χ3v) is 2.85. The van der Waals surface area contributed by atoms with E-state index in [0.29, 0.717) is 6.42 Å². The highest BCUT2D eigenvalue weighted by Crippen LogP contribution is 2.24. The molecule has 3 nitrogen and oxygen atoms in total. The fourth-order valence-electron chi connectivity index (χ4n) is 1.81. The molecule has 4 heteroatoms. The van der Waals surface area contributed by atoms with E-state index >= 15 is 0 Å². The lowest BCUT2D eigenvalue weighted by Gasteiger charge is -2.17. The van der Waals surface area contributed by atoms with Gasteiger partial charge < -0.3 is 10.1 Å². The fourth-order valence-corrected chi connectivity index (χ4v) is 1.81. The van der Waals surface area contributed by atoms with Crippen LogP contribution in [0.15, 0.2) is 24.3 Å². The van der Waals surface area contributed by atoms with E-state index < -0.39 is 11.4 Å². The summed E-state index contributed by atoms with van der Waals surface area (Å²) in [5, 5.41) is 9.81. The molecule has 0 unspecified atom stereocenters. The first-order valence-corrected chi connectivity index (χ1v) is 5.39. The van der Waals surface area contributed by atoms with Crippen LogP contribution in [0.3, 0.4) is 0 Å². The highest BCUT2D eigenvalue weighted by Gasteiger charge is 2.27. The first-order chi connectivity index (χ1) is 7.88. The van der Waals surface area contributed by atoms with Crippen LogP contribution < -0.4 is 0 Å². The molecule has 1 heterocycles. The summed E-state index contributed by atoms with van der Waals surface area (Å²) >= 11 is 0. The molecule has 2 N–H and O–H groups in total. The van der Waals surface area contributed by atoms with Crippen molar-refractivity contribution in [3.63, 3.8) is 0 Å². The lowest BCUT2D eigenvalue weighted by atomic mass is 9.88. The summed E-state index contributed by atoms with van der Waals surface area (Å²) in [6.07, 6.45) is 0.388. The molecule has 2 rings (SSSR count). The van der Waals surface area contributed by atoms with Crippen LogP contribution in [0.2, 0.25) is 0 Å². The highest BCUT2D eigenvalue weighted by atomic mass is 19.1. The molecule has 1 aromatic heterocycles. The minimum absolute atomic E-state index is 0.291. The van der Waals surface area contributed by atoms with Crippen LogP contribution in [0.1, 0.15) is 19.5 Å². The summed E-state index contributed by atoms with van der Waals surface area (Å²) < 4.78 is 13.0. The second kappa shape index (κ2) is 3.87. The number of benzene rings is 1. The van der Waals surface area contributed by atoms with Crippen molar-refractivity contribution in [3.05, 3.63) is 35.8 Å². The monoisotopic (exact) mass is 235 g/mol. The number of hydrogen-bond donors (Lipinski definition) is 2. The molecule has 2 aromatic rings. The smallest absolute Gasteiger partial charge is 0.309 e. The number of nitrogens with one attached hydrogen (secondary N) is 1. The van der Waals surface area contributed by atoms with Gasteiger partial charge in [0.05, 0.1) is 5.41 Å². The molecule has 0 radical (unpaired) electrons. The van der Waals surface area contributed by atoms with Gasteiger partial charge in [0.15, 0.2) is 0 Å². The number of hydrogen-bond acceptors (Lipinski definition) is 1. The van der Waals surface area contributed by atoms with Crippen molar-refractivity contribution in [1.29, 1.82) is 0 Å². The molecular weight excluding hydrogens is 221 g/mol. The Morgan fingerprint density at radius 3 is 2.76 bits per heavy atom. The molecule has 0 spiro atoms. The van der Waals surface area contributed by atoms with Crippen molar-refractivity contribution in [1.82, 2.24) is 4.98 Å². The number of rotatable bonds is 3. The summed E-state index contributed by atoms with van der Waals surface area (Å²) in [4.78, 5) is 14.1. The second-order valence-corrected chi connectivity index (χ2v) is 4.89. The molecule has 0 saturated carbocycles. The van der Waals surface area contributed by atoms with Crippen LogP contribution >= 0.6 is 0 Å². The van der Waals surface area contributed by atoms with Crippen LogP contribution in [0.5, 0.6) is 0 Å². The molecule has 0 aliphatic carbocycles. The van der Waals surface area contributed by atoms with Gasteiger partial charge in [0.1, 0.15) is 5.82 Å².